The number of benzene rings is 2. The van der Waals surface area contributed by atoms with Gasteiger partial charge in [0.15, 0.2) is 5.82 Å². The highest BCUT2D eigenvalue weighted by atomic mass is 35.5. The monoisotopic (exact) mass is 366 g/mol. The standard InChI is InChI=1S/C20H19ClN4O/c21-18-6-4-14(5-7-18)15-8-10-25(11-9-15)20(26)17-3-1-2-16(12-17)19-22-13-23-24-19/h1-7,12-13,15H,8-11H2,(H,22,23,24). The van der Waals surface area contributed by atoms with Crippen LogP contribution in [0.4, 0.5) is 0 Å². The summed E-state index contributed by atoms with van der Waals surface area (Å²) in [5.41, 5.74) is 2.85. The Bertz CT molecular complexity index is 884. The van der Waals surface area contributed by atoms with Crippen molar-refractivity contribution in [2.24, 2.45) is 0 Å². The van der Waals surface area contributed by atoms with Crippen molar-refractivity contribution in [3.63, 3.8) is 0 Å². The quantitative estimate of drug-likeness (QED) is 0.757. The molecule has 1 aliphatic heterocycles. The fourth-order valence-electron chi connectivity index (χ4n) is 3.48. The van der Waals surface area contributed by atoms with E-state index >= 15 is 0 Å². The van der Waals surface area contributed by atoms with E-state index in [1.165, 1.54) is 11.9 Å². The zero-order chi connectivity index (χ0) is 17.9. The van der Waals surface area contributed by atoms with Gasteiger partial charge in [0, 0.05) is 29.2 Å². The van der Waals surface area contributed by atoms with Gasteiger partial charge in [-0.1, -0.05) is 35.9 Å². The Kier molecular flexibility index (Phi) is 4.71. The average Bonchev–Trinajstić information content (AvgIpc) is 3.23. The van der Waals surface area contributed by atoms with Crippen molar-refractivity contribution in [1.29, 1.82) is 0 Å². The Hall–Kier alpha value is -2.66. The lowest BCUT2D eigenvalue weighted by Gasteiger charge is -2.32. The second kappa shape index (κ2) is 7.30. The Balaban J connectivity index is 1.44. The van der Waals surface area contributed by atoms with Crippen molar-refractivity contribution in [3.8, 4) is 11.4 Å². The smallest absolute Gasteiger partial charge is 0.253 e. The van der Waals surface area contributed by atoms with Gasteiger partial charge in [-0.3, -0.25) is 9.89 Å². The van der Waals surface area contributed by atoms with Crippen LogP contribution in [0.15, 0.2) is 54.9 Å². The zero-order valence-electron chi connectivity index (χ0n) is 14.2. The number of H-pyrrole nitrogens is 1. The number of rotatable bonds is 3. The van der Waals surface area contributed by atoms with Gasteiger partial charge in [0.05, 0.1) is 0 Å². The van der Waals surface area contributed by atoms with E-state index in [-0.39, 0.29) is 5.91 Å². The Morgan fingerprint density at radius 1 is 1.12 bits per heavy atom. The van der Waals surface area contributed by atoms with Crippen LogP contribution in [0.1, 0.15) is 34.7 Å². The third-order valence-electron chi connectivity index (χ3n) is 4.92. The topological polar surface area (TPSA) is 61.9 Å². The van der Waals surface area contributed by atoms with Gasteiger partial charge in [-0.15, -0.1) is 0 Å². The molecule has 0 atom stereocenters. The summed E-state index contributed by atoms with van der Waals surface area (Å²) < 4.78 is 0. The first-order chi connectivity index (χ1) is 12.7. The lowest BCUT2D eigenvalue weighted by molar-refractivity contribution is 0.0713. The number of piperidine rings is 1. The van der Waals surface area contributed by atoms with Gasteiger partial charge in [0.25, 0.3) is 5.91 Å². The summed E-state index contributed by atoms with van der Waals surface area (Å²) in [5.74, 6) is 1.22. The van der Waals surface area contributed by atoms with Gasteiger partial charge in [-0.2, -0.15) is 5.10 Å². The molecule has 26 heavy (non-hydrogen) atoms. The molecule has 0 spiro atoms. The van der Waals surface area contributed by atoms with Crippen molar-refractivity contribution >= 4 is 17.5 Å². The molecule has 0 bridgehead atoms. The minimum Gasteiger partial charge on any atom is -0.339 e. The number of likely N-dealkylation sites (tertiary alicyclic amines) is 1. The first kappa shape index (κ1) is 16.8. The number of nitrogens with one attached hydrogen (secondary N) is 1. The van der Waals surface area contributed by atoms with Gasteiger partial charge in [-0.25, -0.2) is 4.98 Å². The Morgan fingerprint density at radius 2 is 1.88 bits per heavy atom. The van der Waals surface area contributed by atoms with E-state index in [0.717, 1.165) is 36.5 Å². The van der Waals surface area contributed by atoms with E-state index in [1.54, 1.807) is 0 Å². The summed E-state index contributed by atoms with van der Waals surface area (Å²) in [6.45, 7) is 1.53. The molecule has 5 nitrogen and oxygen atoms in total. The summed E-state index contributed by atoms with van der Waals surface area (Å²) in [5, 5.41) is 7.45. The lowest BCUT2D eigenvalue weighted by atomic mass is 9.89. The highest BCUT2D eigenvalue weighted by Crippen LogP contribution is 2.29. The van der Waals surface area contributed by atoms with Gasteiger partial charge in [0.2, 0.25) is 0 Å². The van der Waals surface area contributed by atoms with Crippen LogP contribution in [0.3, 0.4) is 0 Å². The van der Waals surface area contributed by atoms with Crippen LogP contribution in [0, 0.1) is 0 Å². The van der Waals surface area contributed by atoms with Crippen molar-refractivity contribution in [3.05, 3.63) is 71.0 Å². The van der Waals surface area contributed by atoms with Crippen LogP contribution in [0.25, 0.3) is 11.4 Å². The molecule has 1 amide bonds. The predicted octanol–water partition coefficient (Wildman–Crippen LogP) is 4.14. The molecule has 4 rings (SSSR count). The molecular weight excluding hydrogens is 348 g/mol. The van der Waals surface area contributed by atoms with Crippen molar-refractivity contribution < 1.29 is 4.79 Å². The maximum Gasteiger partial charge on any atom is 0.253 e. The molecule has 0 unspecified atom stereocenters. The highest BCUT2D eigenvalue weighted by Gasteiger charge is 2.24. The molecule has 2 aromatic carbocycles. The number of carbonyl (C=O) groups is 1. The SMILES string of the molecule is O=C(c1cccc(-c2ncn[nH]2)c1)N1CCC(c2ccc(Cl)cc2)CC1. The second-order valence-electron chi connectivity index (χ2n) is 6.53. The molecular formula is C20H19ClN4O. The number of carbonyl (C=O) groups excluding carboxylic acids is 1. The largest absolute Gasteiger partial charge is 0.339 e. The predicted molar refractivity (Wildman–Crippen MR) is 101 cm³/mol. The van der Waals surface area contributed by atoms with Crippen molar-refractivity contribution in [2.45, 2.75) is 18.8 Å². The minimum absolute atomic E-state index is 0.0703. The maximum atomic E-state index is 12.9. The molecule has 0 aliphatic carbocycles. The Morgan fingerprint density at radius 3 is 2.58 bits per heavy atom. The van der Waals surface area contributed by atoms with Crippen LogP contribution >= 0.6 is 11.6 Å². The van der Waals surface area contributed by atoms with Crippen LogP contribution in [-0.2, 0) is 0 Å². The van der Waals surface area contributed by atoms with E-state index in [4.69, 9.17) is 11.6 Å². The third kappa shape index (κ3) is 3.48. The van der Waals surface area contributed by atoms with Gasteiger partial charge < -0.3 is 4.90 Å². The molecule has 1 saturated heterocycles. The third-order valence-corrected chi connectivity index (χ3v) is 5.17. The number of amides is 1. The van der Waals surface area contributed by atoms with Crippen LogP contribution < -0.4 is 0 Å². The highest BCUT2D eigenvalue weighted by molar-refractivity contribution is 6.30. The number of aromatic nitrogens is 3. The summed E-state index contributed by atoms with van der Waals surface area (Å²) >= 11 is 5.97. The average molecular weight is 367 g/mol. The molecule has 0 saturated carbocycles. The molecule has 1 aromatic heterocycles. The number of nitrogens with zero attached hydrogens (tertiary/aromatic N) is 3. The van der Waals surface area contributed by atoms with E-state index in [9.17, 15) is 4.79 Å². The van der Waals surface area contributed by atoms with E-state index in [0.29, 0.717) is 17.3 Å². The normalized spacial score (nSPS) is 15.2. The summed E-state index contributed by atoms with van der Waals surface area (Å²) in [4.78, 5) is 19.0. The summed E-state index contributed by atoms with van der Waals surface area (Å²) in [7, 11) is 0. The maximum absolute atomic E-state index is 12.9. The molecule has 6 heteroatoms. The minimum atomic E-state index is 0.0703. The number of halogens is 1. The van der Waals surface area contributed by atoms with E-state index in [1.807, 2.05) is 41.3 Å². The van der Waals surface area contributed by atoms with Crippen LogP contribution in [0.5, 0.6) is 0 Å². The Labute approximate surface area is 157 Å². The molecule has 1 fully saturated rings. The molecule has 1 aliphatic rings. The zero-order valence-corrected chi connectivity index (χ0v) is 15.0. The molecule has 1 N–H and O–H groups in total. The lowest BCUT2D eigenvalue weighted by Crippen LogP contribution is -2.37. The summed E-state index contributed by atoms with van der Waals surface area (Å²) in [6, 6.07) is 15.6. The van der Waals surface area contributed by atoms with E-state index in [2.05, 4.69) is 27.3 Å². The molecule has 3 aromatic rings. The second-order valence-corrected chi connectivity index (χ2v) is 6.97. The first-order valence-electron chi connectivity index (χ1n) is 8.71. The van der Waals surface area contributed by atoms with E-state index < -0.39 is 0 Å². The first-order valence-corrected chi connectivity index (χ1v) is 9.09. The molecule has 132 valence electrons. The molecule has 2 heterocycles. The van der Waals surface area contributed by atoms with Gasteiger partial charge in [0.1, 0.15) is 6.33 Å². The van der Waals surface area contributed by atoms with Crippen LogP contribution in [-0.4, -0.2) is 39.1 Å². The van der Waals surface area contributed by atoms with Crippen molar-refractivity contribution in [2.75, 3.05) is 13.1 Å². The van der Waals surface area contributed by atoms with Crippen molar-refractivity contribution in [1.82, 2.24) is 20.1 Å². The number of hydrogen-bond donors (Lipinski definition) is 1. The van der Waals surface area contributed by atoms with Gasteiger partial charge in [-0.05, 0) is 48.6 Å². The number of aromatic amines is 1. The van der Waals surface area contributed by atoms with Crippen LogP contribution in [0.2, 0.25) is 5.02 Å². The van der Waals surface area contributed by atoms with Gasteiger partial charge >= 0.3 is 0 Å². The number of hydrogen-bond acceptors (Lipinski definition) is 3. The molecule has 0 radical (unpaired) electrons. The summed E-state index contributed by atoms with van der Waals surface area (Å²) in [6.07, 6.45) is 3.40. The fraction of sp³-hybridized carbons (Fsp3) is 0.250. The fourth-order valence-corrected chi connectivity index (χ4v) is 3.60.